The maximum atomic E-state index is 13.2. The van der Waals surface area contributed by atoms with E-state index in [0.29, 0.717) is 10.9 Å². The summed E-state index contributed by atoms with van der Waals surface area (Å²) in [4.78, 5) is 4.40. The van der Waals surface area contributed by atoms with Crippen molar-refractivity contribution in [2.24, 2.45) is 5.73 Å². The molecule has 1 aromatic heterocycles. The van der Waals surface area contributed by atoms with Crippen molar-refractivity contribution in [2.45, 2.75) is 26.3 Å². The van der Waals surface area contributed by atoms with Crippen molar-refractivity contribution in [3.8, 4) is 0 Å². The molecule has 1 atom stereocenters. The van der Waals surface area contributed by atoms with Gasteiger partial charge >= 0.3 is 0 Å². The molecule has 0 spiro atoms. The zero-order valence-electron chi connectivity index (χ0n) is 11.0. The lowest BCUT2D eigenvalue weighted by Crippen LogP contribution is -2.16. The van der Waals surface area contributed by atoms with Crippen molar-refractivity contribution in [1.82, 2.24) is 4.98 Å². The molecule has 2 rings (SSSR count). The summed E-state index contributed by atoms with van der Waals surface area (Å²) in [5, 5.41) is 0. The SMILES string of the molecule is Cc1cnc(C(N)Cc2ccc(F)c(Br)c2)c(C)c1. The first-order valence-electron chi connectivity index (χ1n) is 6.10. The second-order valence-corrected chi connectivity index (χ2v) is 5.63. The van der Waals surface area contributed by atoms with Crippen LogP contribution in [0, 0.1) is 19.7 Å². The van der Waals surface area contributed by atoms with Gasteiger partial charge in [-0.15, -0.1) is 0 Å². The second-order valence-electron chi connectivity index (χ2n) is 4.77. The van der Waals surface area contributed by atoms with E-state index in [1.165, 1.54) is 6.07 Å². The first-order valence-corrected chi connectivity index (χ1v) is 6.89. The van der Waals surface area contributed by atoms with E-state index < -0.39 is 0 Å². The highest BCUT2D eigenvalue weighted by molar-refractivity contribution is 9.10. The van der Waals surface area contributed by atoms with Crippen molar-refractivity contribution in [3.05, 3.63) is 63.1 Å². The molecule has 4 heteroatoms. The minimum atomic E-state index is -0.262. The minimum absolute atomic E-state index is 0.182. The number of hydrogen-bond acceptors (Lipinski definition) is 2. The van der Waals surface area contributed by atoms with Crippen LogP contribution in [0.3, 0.4) is 0 Å². The van der Waals surface area contributed by atoms with Gasteiger partial charge in [0.15, 0.2) is 0 Å². The lowest BCUT2D eigenvalue weighted by molar-refractivity contribution is 0.618. The number of aromatic nitrogens is 1. The maximum absolute atomic E-state index is 13.2. The molecular weight excluding hydrogens is 307 g/mol. The number of benzene rings is 1. The first kappa shape index (κ1) is 14.2. The van der Waals surface area contributed by atoms with Gasteiger partial charge in [-0.3, -0.25) is 4.98 Å². The number of rotatable bonds is 3. The second kappa shape index (κ2) is 5.80. The Hall–Kier alpha value is -1.26. The highest BCUT2D eigenvalue weighted by Gasteiger charge is 2.12. The third-order valence-corrected chi connectivity index (χ3v) is 3.65. The first-order chi connectivity index (χ1) is 8.97. The molecule has 0 bridgehead atoms. The van der Waals surface area contributed by atoms with E-state index in [1.807, 2.05) is 20.0 Å². The summed E-state index contributed by atoms with van der Waals surface area (Å²) >= 11 is 3.18. The molecule has 100 valence electrons. The van der Waals surface area contributed by atoms with Crippen LogP contribution >= 0.6 is 15.9 Å². The Morgan fingerprint density at radius 2 is 2.05 bits per heavy atom. The van der Waals surface area contributed by atoms with Crippen LogP contribution in [0.5, 0.6) is 0 Å². The number of hydrogen-bond donors (Lipinski definition) is 1. The molecule has 1 heterocycles. The predicted octanol–water partition coefficient (Wildman–Crippen LogP) is 3.84. The smallest absolute Gasteiger partial charge is 0.137 e. The fraction of sp³-hybridized carbons (Fsp3) is 0.267. The third kappa shape index (κ3) is 3.39. The van der Waals surface area contributed by atoms with Gasteiger partial charge < -0.3 is 5.73 Å². The van der Waals surface area contributed by atoms with E-state index in [-0.39, 0.29) is 11.9 Å². The predicted molar refractivity (Wildman–Crippen MR) is 78.4 cm³/mol. The molecule has 0 aliphatic carbocycles. The van der Waals surface area contributed by atoms with Crippen molar-refractivity contribution in [1.29, 1.82) is 0 Å². The molecular formula is C15H16BrFN2. The number of aryl methyl sites for hydroxylation is 2. The fourth-order valence-corrected chi connectivity index (χ4v) is 2.56. The van der Waals surface area contributed by atoms with Crippen LogP contribution in [0.25, 0.3) is 0 Å². The molecule has 2 aromatic rings. The number of halogens is 2. The molecule has 0 fully saturated rings. The molecule has 1 unspecified atom stereocenters. The lowest BCUT2D eigenvalue weighted by atomic mass is 10.00. The van der Waals surface area contributed by atoms with Gasteiger partial charge in [0.25, 0.3) is 0 Å². The van der Waals surface area contributed by atoms with Crippen LogP contribution in [0.4, 0.5) is 4.39 Å². The Morgan fingerprint density at radius 1 is 1.32 bits per heavy atom. The highest BCUT2D eigenvalue weighted by atomic mass is 79.9. The van der Waals surface area contributed by atoms with E-state index in [2.05, 4.69) is 27.0 Å². The number of pyridine rings is 1. The van der Waals surface area contributed by atoms with E-state index >= 15 is 0 Å². The van der Waals surface area contributed by atoms with Gasteiger partial charge in [-0.05, 0) is 65.0 Å². The lowest BCUT2D eigenvalue weighted by Gasteiger charge is -2.14. The van der Waals surface area contributed by atoms with E-state index in [9.17, 15) is 4.39 Å². The fourth-order valence-electron chi connectivity index (χ4n) is 2.13. The number of nitrogens with two attached hydrogens (primary N) is 1. The molecule has 1 aromatic carbocycles. The highest BCUT2D eigenvalue weighted by Crippen LogP contribution is 2.22. The summed E-state index contributed by atoms with van der Waals surface area (Å²) in [6, 6.07) is 6.85. The largest absolute Gasteiger partial charge is 0.322 e. The summed E-state index contributed by atoms with van der Waals surface area (Å²) in [7, 11) is 0. The average Bonchev–Trinajstić information content (AvgIpc) is 2.33. The minimum Gasteiger partial charge on any atom is -0.322 e. The van der Waals surface area contributed by atoms with Gasteiger partial charge in [-0.1, -0.05) is 12.1 Å². The molecule has 19 heavy (non-hydrogen) atoms. The van der Waals surface area contributed by atoms with Gasteiger partial charge in [-0.25, -0.2) is 4.39 Å². The summed E-state index contributed by atoms with van der Waals surface area (Å²) in [5.74, 6) is -0.262. The van der Waals surface area contributed by atoms with Crippen molar-refractivity contribution >= 4 is 15.9 Å². The van der Waals surface area contributed by atoms with Crippen LogP contribution in [-0.2, 0) is 6.42 Å². The standard InChI is InChI=1S/C15H16BrFN2/c1-9-5-10(2)15(19-8-9)14(18)7-11-3-4-13(17)12(16)6-11/h3-6,8,14H,7,18H2,1-2H3. The molecule has 0 saturated carbocycles. The monoisotopic (exact) mass is 322 g/mol. The summed E-state index contributed by atoms with van der Waals surface area (Å²) in [6.45, 7) is 4.02. The Balaban J connectivity index is 2.20. The Labute approximate surface area is 121 Å². The third-order valence-electron chi connectivity index (χ3n) is 3.05. The molecule has 2 nitrogen and oxygen atoms in total. The zero-order chi connectivity index (χ0) is 14.0. The summed E-state index contributed by atoms with van der Waals surface area (Å²) < 4.78 is 13.6. The van der Waals surface area contributed by atoms with Crippen LogP contribution in [-0.4, -0.2) is 4.98 Å². The van der Waals surface area contributed by atoms with E-state index in [4.69, 9.17) is 5.73 Å². The molecule has 0 amide bonds. The van der Waals surface area contributed by atoms with Crippen LogP contribution in [0.15, 0.2) is 34.9 Å². The van der Waals surface area contributed by atoms with Gasteiger partial charge in [-0.2, -0.15) is 0 Å². The van der Waals surface area contributed by atoms with E-state index in [1.54, 1.807) is 12.1 Å². The van der Waals surface area contributed by atoms with Crippen molar-refractivity contribution in [2.75, 3.05) is 0 Å². The number of nitrogens with zero attached hydrogens (tertiary/aromatic N) is 1. The summed E-state index contributed by atoms with van der Waals surface area (Å²) in [5.41, 5.74) is 10.3. The molecule has 2 N–H and O–H groups in total. The molecule has 0 radical (unpaired) electrons. The van der Waals surface area contributed by atoms with Crippen LogP contribution < -0.4 is 5.73 Å². The van der Waals surface area contributed by atoms with Crippen LogP contribution in [0.2, 0.25) is 0 Å². The summed E-state index contributed by atoms with van der Waals surface area (Å²) in [6.07, 6.45) is 2.46. The Morgan fingerprint density at radius 3 is 2.68 bits per heavy atom. The quantitative estimate of drug-likeness (QED) is 0.932. The van der Waals surface area contributed by atoms with Gasteiger partial charge in [0.1, 0.15) is 5.82 Å². The topological polar surface area (TPSA) is 38.9 Å². The average molecular weight is 323 g/mol. The zero-order valence-corrected chi connectivity index (χ0v) is 12.5. The van der Waals surface area contributed by atoms with Crippen LogP contribution in [0.1, 0.15) is 28.4 Å². The van der Waals surface area contributed by atoms with Crippen molar-refractivity contribution < 1.29 is 4.39 Å². The molecule has 0 saturated heterocycles. The Bertz CT molecular complexity index is 599. The Kier molecular flexibility index (Phi) is 4.32. The normalized spacial score (nSPS) is 12.5. The van der Waals surface area contributed by atoms with Gasteiger partial charge in [0, 0.05) is 6.20 Å². The molecule has 0 aliphatic rings. The van der Waals surface area contributed by atoms with E-state index in [0.717, 1.165) is 22.4 Å². The van der Waals surface area contributed by atoms with Gasteiger partial charge in [0.05, 0.1) is 16.2 Å². The maximum Gasteiger partial charge on any atom is 0.137 e. The van der Waals surface area contributed by atoms with Gasteiger partial charge in [0.2, 0.25) is 0 Å². The molecule has 0 aliphatic heterocycles. The van der Waals surface area contributed by atoms with Crippen molar-refractivity contribution in [3.63, 3.8) is 0 Å².